The maximum atomic E-state index is 13.5. The summed E-state index contributed by atoms with van der Waals surface area (Å²) in [6.07, 6.45) is 0.535. The standard InChI is InChI=1S/C31H25FN2O5/c32-24-6-3-4-21(16-24)19-33-30(36)23-10-13-26(28(18-23)38-15-14-20-8-11-25(35)12-9-20)34-31(37)29-17-22-5-1-2-7-27(22)39-29/h1-13,16-18,35H,14-15,19H2,(H,33,36)(H,34,37). The lowest BCUT2D eigenvalue weighted by molar-refractivity contribution is 0.0949. The number of para-hydroxylation sites is 1. The van der Waals surface area contributed by atoms with Gasteiger partial charge >= 0.3 is 0 Å². The molecular weight excluding hydrogens is 499 g/mol. The van der Waals surface area contributed by atoms with Gasteiger partial charge in [-0.05, 0) is 65.7 Å². The van der Waals surface area contributed by atoms with Gasteiger partial charge in [-0.3, -0.25) is 9.59 Å². The van der Waals surface area contributed by atoms with Gasteiger partial charge in [-0.25, -0.2) is 4.39 Å². The number of phenolic OH excluding ortho intramolecular Hbond substituents is 1. The third kappa shape index (κ3) is 6.42. The number of amides is 2. The van der Waals surface area contributed by atoms with Crippen molar-refractivity contribution in [2.45, 2.75) is 13.0 Å². The number of phenols is 1. The zero-order chi connectivity index (χ0) is 27.2. The van der Waals surface area contributed by atoms with Crippen molar-refractivity contribution in [2.24, 2.45) is 0 Å². The summed E-state index contributed by atoms with van der Waals surface area (Å²) in [6.45, 7) is 0.408. The van der Waals surface area contributed by atoms with Crippen LogP contribution in [0.4, 0.5) is 10.1 Å². The van der Waals surface area contributed by atoms with E-state index < -0.39 is 5.91 Å². The van der Waals surface area contributed by atoms with E-state index in [1.54, 1.807) is 66.7 Å². The molecule has 0 aliphatic rings. The zero-order valence-electron chi connectivity index (χ0n) is 20.8. The average molecular weight is 525 g/mol. The molecule has 7 nitrogen and oxygen atoms in total. The molecule has 5 rings (SSSR count). The summed E-state index contributed by atoms with van der Waals surface area (Å²) in [5, 5.41) is 15.9. The molecule has 0 unspecified atom stereocenters. The summed E-state index contributed by atoms with van der Waals surface area (Å²) < 4.78 is 25.1. The Kier molecular flexibility index (Phi) is 7.54. The number of nitrogens with one attached hydrogen (secondary N) is 2. The van der Waals surface area contributed by atoms with E-state index >= 15 is 0 Å². The van der Waals surface area contributed by atoms with Crippen molar-refractivity contribution in [3.63, 3.8) is 0 Å². The lowest BCUT2D eigenvalue weighted by atomic mass is 10.1. The zero-order valence-corrected chi connectivity index (χ0v) is 20.8. The second-order valence-electron chi connectivity index (χ2n) is 8.89. The summed E-state index contributed by atoms with van der Waals surface area (Å²) in [7, 11) is 0. The van der Waals surface area contributed by atoms with E-state index in [-0.39, 0.29) is 36.4 Å². The van der Waals surface area contributed by atoms with E-state index in [2.05, 4.69) is 10.6 Å². The fourth-order valence-electron chi connectivity index (χ4n) is 4.04. The third-order valence-electron chi connectivity index (χ3n) is 6.07. The smallest absolute Gasteiger partial charge is 0.291 e. The van der Waals surface area contributed by atoms with Gasteiger partial charge in [0, 0.05) is 23.9 Å². The van der Waals surface area contributed by atoms with Crippen LogP contribution in [0.25, 0.3) is 11.0 Å². The van der Waals surface area contributed by atoms with Crippen molar-refractivity contribution in [3.05, 3.63) is 125 Å². The van der Waals surface area contributed by atoms with E-state index in [9.17, 15) is 19.1 Å². The molecule has 1 heterocycles. The van der Waals surface area contributed by atoms with Crippen molar-refractivity contribution in [1.82, 2.24) is 5.32 Å². The Morgan fingerprint density at radius 3 is 2.46 bits per heavy atom. The molecule has 8 heteroatoms. The molecule has 0 aliphatic carbocycles. The number of rotatable bonds is 9. The lowest BCUT2D eigenvalue weighted by Crippen LogP contribution is -2.23. The quantitative estimate of drug-likeness (QED) is 0.217. The molecule has 4 aromatic carbocycles. The molecule has 1 aromatic heterocycles. The Bertz CT molecular complexity index is 1600. The maximum absolute atomic E-state index is 13.5. The van der Waals surface area contributed by atoms with Crippen LogP contribution >= 0.6 is 0 Å². The Morgan fingerprint density at radius 1 is 0.846 bits per heavy atom. The van der Waals surface area contributed by atoms with Gasteiger partial charge in [-0.2, -0.15) is 0 Å². The van der Waals surface area contributed by atoms with Crippen molar-refractivity contribution in [2.75, 3.05) is 11.9 Å². The van der Waals surface area contributed by atoms with E-state index in [1.165, 1.54) is 12.1 Å². The molecule has 0 aliphatic heterocycles. The van der Waals surface area contributed by atoms with Crippen LogP contribution in [0.3, 0.4) is 0 Å². The van der Waals surface area contributed by atoms with E-state index in [4.69, 9.17) is 9.15 Å². The van der Waals surface area contributed by atoms with Crippen LogP contribution in [0.5, 0.6) is 11.5 Å². The Morgan fingerprint density at radius 2 is 1.67 bits per heavy atom. The maximum Gasteiger partial charge on any atom is 0.291 e. The van der Waals surface area contributed by atoms with Crippen LogP contribution in [0.15, 0.2) is 101 Å². The molecule has 3 N–H and O–H groups in total. The number of ether oxygens (including phenoxy) is 1. The first-order valence-electron chi connectivity index (χ1n) is 12.3. The van der Waals surface area contributed by atoms with Gasteiger partial charge < -0.3 is 24.9 Å². The van der Waals surface area contributed by atoms with E-state index in [0.717, 1.165) is 10.9 Å². The van der Waals surface area contributed by atoms with Crippen molar-refractivity contribution >= 4 is 28.5 Å². The number of halogens is 1. The number of hydrogen-bond acceptors (Lipinski definition) is 5. The molecule has 0 saturated carbocycles. The first kappa shape index (κ1) is 25.5. The molecule has 0 radical (unpaired) electrons. The highest BCUT2D eigenvalue weighted by Crippen LogP contribution is 2.28. The molecule has 0 bridgehead atoms. The van der Waals surface area contributed by atoms with Gasteiger partial charge in [0.15, 0.2) is 5.76 Å². The normalized spacial score (nSPS) is 10.8. The Labute approximate surface area is 223 Å². The Hall–Kier alpha value is -5.11. The number of carbonyl (C=O) groups is 2. The highest BCUT2D eigenvalue weighted by molar-refractivity contribution is 6.05. The summed E-state index contributed by atoms with van der Waals surface area (Å²) in [5.74, 6) is -0.599. The van der Waals surface area contributed by atoms with Crippen LogP contribution in [-0.2, 0) is 13.0 Å². The lowest BCUT2D eigenvalue weighted by Gasteiger charge is -2.14. The fourth-order valence-corrected chi connectivity index (χ4v) is 4.04. The minimum atomic E-state index is -0.460. The summed E-state index contributed by atoms with van der Waals surface area (Å²) in [6, 6.07) is 26.4. The molecule has 5 aromatic rings. The first-order valence-corrected chi connectivity index (χ1v) is 12.3. The fraction of sp³-hybridized carbons (Fsp3) is 0.0968. The van der Waals surface area contributed by atoms with Crippen LogP contribution < -0.4 is 15.4 Å². The highest BCUT2D eigenvalue weighted by atomic mass is 19.1. The van der Waals surface area contributed by atoms with Gasteiger partial charge in [0.05, 0.1) is 12.3 Å². The van der Waals surface area contributed by atoms with E-state index in [1.807, 2.05) is 18.2 Å². The molecular formula is C31H25FN2O5. The summed E-state index contributed by atoms with van der Waals surface area (Å²) in [4.78, 5) is 25.8. The molecule has 196 valence electrons. The predicted octanol–water partition coefficient (Wildman–Crippen LogP) is 6.08. The minimum Gasteiger partial charge on any atom is -0.508 e. The second-order valence-corrected chi connectivity index (χ2v) is 8.89. The van der Waals surface area contributed by atoms with Crippen molar-refractivity contribution in [1.29, 1.82) is 0 Å². The highest BCUT2D eigenvalue weighted by Gasteiger charge is 2.17. The minimum absolute atomic E-state index is 0.142. The van der Waals surface area contributed by atoms with Crippen LogP contribution in [-0.4, -0.2) is 23.5 Å². The van der Waals surface area contributed by atoms with Gasteiger partial charge in [-0.15, -0.1) is 0 Å². The summed E-state index contributed by atoms with van der Waals surface area (Å²) >= 11 is 0. The molecule has 39 heavy (non-hydrogen) atoms. The number of benzene rings is 4. The van der Waals surface area contributed by atoms with Gasteiger partial charge in [-0.1, -0.05) is 42.5 Å². The molecule has 0 atom stereocenters. The van der Waals surface area contributed by atoms with Crippen LogP contribution in [0.2, 0.25) is 0 Å². The summed E-state index contributed by atoms with van der Waals surface area (Å²) in [5.41, 5.74) is 2.85. The SMILES string of the molecule is O=C(NCc1cccc(F)c1)c1ccc(NC(=O)c2cc3ccccc3o2)c(OCCc2ccc(O)cc2)c1. The predicted molar refractivity (Wildman–Crippen MR) is 145 cm³/mol. The number of anilines is 1. The molecule has 2 amide bonds. The van der Waals surface area contributed by atoms with Crippen molar-refractivity contribution in [3.8, 4) is 11.5 Å². The molecule has 0 spiro atoms. The van der Waals surface area contributed by atoms with Gasteiger partial charge in [0.2, 0.25) is 0 Å². The number of hydrogen-bond donors (Lipinski definition) is 3. The van der Waals surface area contributed by atoms with Crippen LogP contribution in [0, 0.1) is 5.82 Å². The van der Waals surface area contributed by atoms with Crippen LogP contribution in [0.1, 0.15) is 32.0 Å². The molecule has 0 saturated heterocycles. The third-order valence-corrected chi connectivity index (χ3v) is 6.07. The monoisotopic (exact) mass is 524 g/mol. The second kappa shape index (κ2) is 11.5. The Balaban J connectivity index is 1.33. The number of fused-ring (bicyclic) bond motifs is 1. The molecule has 0 fully saturated rings. The number of furan rings is 1. The van der Waals surface area contributed by atoms with Gasteiger partial charge in [0.25, 0.3) is 11.8 Å². The number of aromatic hydroxyl groups is 1. The van der Waals surface area contributed by atoms with Crippen molar-refractivity contribution < 1.29 is 28.2 Å². The topological polar surface area (TPSA) is 101 Å². The van der Waals surface area contributed by atoms with Gasteiger partial charge in [0.1, 0.15) is 22.9 Å². The average Bonchev–Trinajstić information content (AvgIpc) is 3.38. The first-order chi connectivity index (χ1) is 18.9. The largest absolute Gasteiger partial charge is 0.508 e. The van der Waals surface area contributed by atoms with E-state index in [0.29, 0.717) is 34.6 Å². The number of carbonyl (C=O) groups excluding carboxylic acids is 2.